The van der Waals surface area contributed by atoms with Gasteiger partial charge < -0.3 is 10.2 Å². The molecule has 3 amide bonds. The molecule has 3 heterocycles. The number of nitrogens with one attached hydrogen (secondary N) is 2. The van der Waals surface area contributed by atoms with E-state index in [2.05, 4.69) is 33.6 Å². The van der Waals surface area contributed by atoms with Gasteiger partial charge in [0.2, 0.25) is 0 Å². The second-order valence-electron chi connectivity index (χ2n) is 6.90. The third-order valence-electron chi connectivity index (χ3n) is 5.13. The Morgan fingerprint density at radius 3 is 2.74 bits per heavy atom. The fourth-order valence-electron chi connectivity index (χ4n) is 3.71. The number of carbonyl (C=O) groups excluding carboxylic acids is 2. The highest BCUT2D eigenvalue weighted by Crippen LogP contribution is 2.29. The normalized spacial score (nSPS) is 28.7. The van der Waals surface area contributed by atoms with Crippen molar-refractivity contribution in [3.63, 3.8) is 0 Å². The number of imide groups is 1. The zero-order chi connectivity index (χ0) is 16.6. The Balaban J connectivity index is 1.61. The lowest BCUT2D eigenvalue weighted by atomic mass is 9.80. The first-order valence-corrected chi connectivity index (χ1v) is 8.25. The molecule has 3 rings (SSSR count). The van der Waals surface area contributed by atoms with Gasteiger partial charge in [0.25, 0.3) is 5.91 Å². The maximum Gasteiger partial charge on any atom is 0.322 e. The molecule has 23 heavy (non-hydrogen) atoms. The standard InChI is InChI=1S/C16H25N5O2/c1-11-9-12(2)21(19-11)8-7-20-6-4-5-13(10-20)16(3)14(22)17-15(23)18-16/h9,13H,4-8,10H2,1-3H3,(H2,17,18,22,23)/t13-,16+/m1/s1. The van der Waals surface area contributed by atoms with Gasteiger partial charge in [-0.05, 0) is 46.2 Å². The van der Waals surface area contributed by atoms with Crippen molar-refractivity contribution >= 4 is 11.9 Å². The lowest BCUT2D eigenvalue weighted by molar-refractivity contribution is -0.126. The van der Waals surface area contributed by atoms with Gasteiger partial charge in [0.15, 0.2) is 0 Å². The molecule has 0 aromatic carbocycles. The zero-order valence-corrected chi connectivity index (χ0v) is 14.1. The highest BCUT2D eigenvalue weighted by molar-refractivity contribution is 6.06. The molecule has 1 aromatic heterocycles. The molecule has 0 saturated carbocycles. The number of hydrogen-bond donors (Lipinski definition) is 2. The van der Waals surface area contributed by atoms with Gasteiger partial charge in [0.05, 0.1) is 12.2 Å². The van der Waals surface area contributed by atoms with Gasteiger partial charge in [-0.15, -0.1) is 0 Å². The predicted molar refractivity (Wildman–Crippen MR) is 85.9 cm³/mol. The van der Waals surface area contributed by atoms with Crippen LogP contribution in [0, 0.1) is 19.8 Å². The summed E-state index contributed by atoms with van der Waals surface area (Å²) in [4.78, 5) is 26.0. The second-order valence-corrected chi connectivity index (χ2v) is 6.90. The first-order valence-electron chi connectivity index (χ1n) is 8.25. The first kappa shape index (κ1) is 16.0. The van der Waals surface area contributed by atoms with Gasteiger partial charge in [-0.25, -0.2) is 4.79 Å². The van der Waals surface area contributed by atoms with Gasteiger partial charge in [-0.2, -0.15) is 5.10 Å². The molecule has 0 unspecified atom stereocenters. The van der Waals surface area contributed by atoms with E-state index in [9.17, 15) is 9.59 Å². The number of nitrogens with zero attached hydrogens (tertiary/aromatic N) is 3. The Labute approximate surface area is 136 Å². The molecular formula is C16H25N5O2. The van der Waals surface area contributed by atoms with Crippen molar-refractivity contribution in [2.45, 2.75) is 45.7 Å². The number of likely N-dealkylation sites (tertiary alicyclic amines) is 1. The van der Waals surface area contributed by atoms with E-state index in [4.69, 9.17) is 0 Å². The highest BCUT2D eigenvalue weighted by Gasteiger charge is 2.48. The minimum absolute atomic E-state index is 0.142. The fraction of sp³-hybridized carbons (Fsp3) is 0.688. The van der Waals surface area contributed by atoms with E-state index in [1.165, 1.54) is 5.69 Å². The summed E-state index contributed by atoms with van der Waals surface area (Å²) in [5.74, 6) is -0.0592. The number of hydrogen-bond acceptors (Lipinski definition) is 4. The zero-order valence-electron chi connectivity index (χ0n) is 14.1. The summed E-state index contributed by atoms with van der Waals surface area (Å²) in [7, 11) is 0. The summed E-state index contributed by atoms with van der Waals surface area (Å²) in [6.45, 7) is 9.51. The largest absolute Gasteiger partial charge is 0.323 e. The average molecular weight is 319 g/mol. The molecule has 126 valence electrons. The topological polar surface area (TPSA) is 79.3 Å². The van der Waals surface area contributed by atoms with Crippen LogP contribution in [0.1, 0.15) is 31.2 Å². The minimum Gasteiger partial charge on any atom is -0.323 e. The molecular weight excluding hydrogens is 294 g/mol. The number of aromatic nitrogens is 2. The van der Waals surface area contributed by atoms with Crippen LogP contribution < -0.4 is 10.6 Å². The lowest BCUT2D eigenvalue weighted by Crippen LogP contribution is -2.56. The number of amides is 3. The Morgan fingerprint density at radius 1 is 1.35 bits per heavy atom. The Morgan fingerprint density at radius 2 is 2.13 bits per heavy atom. The summed E-state index contributed by atoms with van der Waals surface area (Å²) in [5, 5.41) is 9.67. The van der Waals surface area contributed by atoms with Crippen molar-refractivity contribution < 1.29 is 9.59 Å². The van der Waals surface area contributed by atoms with E-state index in [1.54, 1.807) is 0 Å². The molecule has 2 fully saturated rings. The molecule has 1 aromatic rings. The molecule has 0 spiro atoms. The average Bonchev–Trinajstić information content (AvgIpc) is 2.96. The van der Waals surface area contributed by atoms with Gasteiger partial charge in [0.1, 0.15) is 5.54 Å². The monoisotopic (exact) mass is 319 g/mol. The van der Waals surface area contributed by atoms with E-state index < -0.39 is 5.54 Å². The van der Waals surface area contributed by atoms with Crippen molar-refractivity contribution in [1.82, 2.24) is 25.3 Å². The highest BCUT2D eigenvalue weighted by atomic mass is 16.2. The van der Waals surface area contributed by atoms with Gasteiger partial charge in [-0.1, -0.05) is 0 Å². The Kier molecular flexibility index (Phi) is 4.14. The number of aryl methyl sites for hydroxylation is 2. The smallest absolute Gasteiger partial charge is 0.322 e. The van der Waals surface area contributed by atoms with Crippen LogP contribution in [0.25, 0.3) is 0 Å². The maximum absolute atomic E-state index is 12.1. The van der Waals surface area contributed by atoms with Crippen LogP contribution in [0.2, 0.25) is 0 Å². The molecule has 2 aliphatic heterocycles. The summed E-state index contributed by atoms with van der Waals surface area (Å²) in [5.41, 5.74) is 1.43. The minimum atomic E-state index is -0.784. The molecule has 2 N–H and O–H groups in total. The van der Waals surface area contributed by atoms with Crippen LogP contribution in [-0.2, 0) is 11.3 Å². The van der Waals surface area contributed by atoms with Crippen molar-refractivity contribution in [3.05, 3.63) is 17.5 Å². The van der Waals surface area contributed by atoms with E-state index in [0.29, 0.717) is 0 Å². The third-order valence-corrected chi connectivity index (χ3v) is 5.13. The van der Waals surface area contributed by atoms with Crippen LogP contribution in [0.5, 0.6) is 0 Å². The van der Waals surface area contributed by atoms with Crippen LogP contribution >= 0.6 is 0 Å². The molecule has 2 aliphatic rings. The summed E-state index contributed by atoms with van der Waals surface area (Å²) in [6.07, 6.45) is 2.00. The number of urea groups is 1. The van der Waals surface area contributed by atoms with Gasteiger partial charge in [0, 0.05) is 24.7 Å². The molecule has 7 nitrogen and oxygen atoms in total. The molecule has 0 aliphatic carbocycles. The van der Waals surface area contributed by atoms with Crippen molar-refractivity contribution in [3.8, 4) is 0 Å². The van der Waals surface area contributed by atoms with Crippen LogP contribution in [0.3, 0.4) is 0 Å². The molecule has 7 heteroatoms. The van der Waals surface area contributed by atoms with E-state index >= 15 is 0 Å². The summed E-state index contributed by atoms with van der Waals surface area (Å²) >= 11 is 0. The van der Waals surface area contributed by atoms with Crippen LogP contribution in [0.15, 0.2) is 6.07 Å². The van der Waals surface area contributed by atoms with Gasteiger partial charge >= 0.3 is 6.03 Å². The van der Waals surface area contributed by atoms with Crippen LogP contribution in [0.4, 0.5) is 4.79 Å². The molecule has 0 radical (unpaired) electrons. The number of piperidine rings is 1. The molecule has 2 saturated heterocycles. The van der Waals surface area contributed by atoms with Crippen LogP contribution in [-0.4, -0.2) is 51.8 Å². The first-order chi connectivity index (χ1) is 10.9. The Bertz CT molecular complexity index is 626. The summed E-state index contributed by atoms with van der Waals surface area (Å²) in [6, 6.07) is 1.70. The summed E-state index contributed by atoms with van der Waals surface area (Å²) < 4.78 is 2.03. The predicted octanol–water partition coefficient (Wildman–Crippen LogP) is 0.810. The number of carbonyl (C=O) groups is 2. The molecule has 0 bridgehead atoms. The fourth-order valence-corrected chi connectivity index (χ4v) is 3.71. The maximum atomic E-state index is 12.1. The van der Waals surface area contributed by atoms with Gasteiger partial charge in [-0.3, -0.25) is 14.8 Å². The third kappa shape index (κ3) is 3.10. The SMILES string of the molecule is Cc1cc(C)n(CCN2CCC[C@@H]([C@]3(C)NC(=O)NC3=O)C2)n1. The quantitative estimate of drug-likeness (QED) is 0.805. The second kappa shape index (κ2) is 5.96. The Hall–Kier alpha value is -1.89. The van der Waals surface area contributed by atoms with Crippen molar-refractivity contribution in [1.29, 1.82) is 0 Å². The van der Waals surface area contributed by atoms with Crippen molar-refractivity contribution in [2.24, 2.45) is 5.92 Å². The van der Waals surface area contributed by atoms with Crippen molar-refractivity contribution in [2.75, 3.05) is 19.6 Å². The van der Waals surface area contributed by atoms with E-state index in [1.807, 2.05) is 18.5 Å². The lowest BCUT2D eigenvalue weighted by Gasteiger charge is -2.39. The van der Waals surface area contributed by atoms with E-state index in [0.717, 1.165) is 44.7 Å². The number of rotatable bonds is 4. The molecule has 2 atom stereocenters. The van der Waals surface area contributed by atoms with E-state index in [-0.39, 0.29) is 17.9 Å².